The van der Waals surface area contributed by atoms with Crippen molar-refractivity contribution in [2.45, 2.75) is 51.5 Å². The van der Waals surface area contributed by atoms with Crippen molar-refractivity contribution in [1.82, 2.24) is 30.4 Å². The normalized spacial score (nSPS) is 19.2. The Morgan fingerprint density at radius 2 is 1.82 bits per heavy atom. The zero-order valence-corrected chi connectivity index (χ0v) is 29.6. The molecule has 0 saturated carbocycles. The number of piperazine rings is 1. The molecule has 13 nitrogen and oxygen atoms in total. The van der Waals surface area contributed by atoms with Crippen LogP contribution in [0.15, 0.2) is 47.1 Å². The Labute approximate surface area is 299 Å². The predicted octanol–water partition coefficient (Wildman–Crippen LogP) is 5.15. The molecule has 3 aliphatic rings. The number of piperidine rings is 2. The Morgan fingerprint density at radius 1 is 1.00 bits per heavy atom. The molecular weight excluding hydrogens is 665 g/mol. The van der Waals surface area contributed by atoms with E-state index in [0.29, 0.717) is 35.5 Å². The Bertz CT molecular complexity index is 2120. The van der Waals surface area contributed by atoms with Gasteiger partial charge < -0.3 is 19.5 Å². The number of hydrogen-bond donors (Lipinski definition) is 2. The lowest BCUT2D eigenvalue weighted by molar-refractivity contribution is -0.134. The van der Waals surface area contributed by atoms with Crippen molar-refractivity contribution in [3.8, 4) is 16.6 Å². The summed E-state index contributed by atoms with van der Waals surface area (Å²) < 4.78 is 6.28. The Balaban J connectivity index is 0.867. The third-order valence-corrected chi connectivity index (χ3v) is 11.2. The topological polar surface area (TPSA) is 156 Å². The summed E-state index contributed by atoms with van der Waals surface area (Å²) in [6.45, 7) is 11.0. The number of hydrogen-bond acceptors (Lipinski definition) is 13. The maximum absolute atomic E-state index is 12.3. The summed E-state index contributed by atoms with van der Waals surface area (Å²) in [5.41, 5.74) is 5.15. The van der Waals surface area contributed by atoms with Crippen molar-refractivity contribution in [2.24, 2.45) is 5.92 Å². The molecule has 0 aliphatic carbocycles. The van der Waals surface area contributed by atoms with E-state index in [2.05, 4.69) is 60.4 Å². The molecule has 7 heterocycles. The van der Waals surface area contributed by atoms with Crippen molar-refractivity contribution in [1.29, 1.82) is 5.26 Å². The monoisotopic (exact) mass is 704 g/mol. The number of anilines is 3. The number of imide groups is 1. The van der Waals surface area contributed by atoms with Crippen LogP contribution in [0.3, 0.4) is 0 Å². The van der Waals surface area contributed by atoms with Crippen molar-refractivity contribution in [3.05, 3.63) is 53.9 Å². The predicted molar refractivity (Wildman–Crippen MR) is 197 cm³/mol. The first-order valence-electron chi connectivity index (χ1n) is 17.7. The van der Waals surface area contributed by atoms with Crippen molar-refractivity contribution in [3.63, 3.8) is 0 Å². The maximum atomic E-state index is 12.3. The zero-order valence-electron chi connectivity index (χ0n) is 28.8. The molecule has 8 rings (SSSR count). The molecule has 3 fully saturated rings. The number of benzene rings is 1. The van der Waals surface area contributed by atoms with E-state index < -0.39 is 0 Å². The first-order chi connectivity index (χ1) is 24.8. The number of carbonyl (C=O) groups is 2. The molecule has 1 atom stereocenters. The highest BCUT2D eigenvalue weighted by Gasteiger charge is 2.30. The summed E-state index contributed by atoms with van der Waals surface area (Å²) in [4.78, 5) is 40.5. The van der Waals surface area contributed by atoms with Crippen LogP contribution >= 0.6 is 11.3 Å². The minimum absolute atomic E-state index is 0.153. The van der Waals surface area contributed by atoms with Crippen LogP contribution in [-0.2, 0) is 9.59 Å². The van der Waals surface area contributed by atoms with Crippen LogP contribution in [0.1, 0.15) is 56.6 Å². The summed E-state index contributed by atoms with van der Waals surface area (Å²) >= 11 is 1.58. The smallest absolute Gasteiger partial charge is 0.234 e. The van der Waals surface area contributed by atoms with Crippen LogP contribution in [0.4, 0.5) is 16.6 Å². The molecule has 3 aliphatic heterocycles. The summed E-state index contributed by atoms with van der Waals surface area (Å²) in [5.74, 6) is 0.861. The van der Waals surface area contributed by atoms with Crippen molar-refractivity contribution < 1.29 is 14.0 Å². The van der Waals surface area contributed by atoms with Crippen LogP contribution in [0.5, 0.6) is 0 Å². The first kappa shape index (κ1) is 33.0. The molecule has 3 saturated heterocycles. The average Bonchev–Trinajstić information content (AvgIpc) is 3.78. The average molecular weight is 705 g/mol. The van der Waals surface area contributed by atoms with Gasteiger partial charge in [-0.25, -0.2) is 4.98 Å². The molecular formula is C37H40N10O3S. The zero-order chi connectivity index (χ0) is 35.1. The van der Waals surface area contributed by atoms with Crippen LogP contribution in [-0.4, -0.2) is 88.7 Å². The van der Waals surface area contributed by atoms with E-state index in [-0.39, 0.29) is 23.8 Å². The van der Waals surface area contributed by atoms with Gasteiger partial charge in [0.05, 0.1) is 28.8 Å². The van der Waals surface area contributed by atoms with E-state index in [9.17, 15) is 14.9 Å². The summed E-state index contributed by atoms with van der Waals surface area (Å²) in [5, 5.41) is 27.2. The van der Waals surface area contributed by atoms with Crippen molar-refractivity contribution >= 4 is 61.9 Å². The number of carbonyl (C=O) groups excluding carboxylic acids is 2. The number of rotatable bonds is 8. The molecule has 0 bridgehead atoms. The molecule has 14 heteroatoms. The van der Waals surface area contributed by atoms with Gasteiger partial charge in [-0.3, -0.25) is 24.8 Å². The molecule has 1 unspecified atom stereocenters. The number of furan rings is 1. The van der Waals surface area contributed by atoms with E-state index >= 15 is 0 Å². The summed E-state index contributed by atoms with van der Waals surface area (Å²) in [7, 11) is 0. The van der Waals surface area contributed by atoms with Gasteiger partial charge in [0.25, 0.3) is 0 Å². The Morgan fingerprint density at radius 3 is 2.55 bits per heavy atom. The number of amides is 2. The Hall–Kier alpha value is -5.13. The Kier molecular flexibility index (Phi) is 8.99. The molecule has 5 aromatic rings. The lowest BCUT2D eigenvalue weighted by atomic mass is 9.91. The van der Waals surface area contributed by atoms with Gasteiger partial charge in [0.15, 0.2) is 10.6 Å². The highest BCUT2D eigenvalue weighted by atomic mass is 32.1. The number of pyridine rings is 2. The highest BCUT2D eigenvalue weighted by molar-refractivity contribution is 7.18. The minimum atomic E-state index is -0.304. The fourth-order valence-corrected chi connectivity index (χ4v) is 8.36. The molecule has 262 valence electrons. The molecule has 51 heavy (non-hydrogen) atoms. The van der Waals surface area contributed by atoms with Crippen LogP contribution in [0.2, 0.25) is 0 Å². The van der Waals surface area contributed by atoms with E-state index in [1.165, 1.54) is 0 Å². The lowest BCUT2D eigenvalue weighted by Gasteiger charge is -2.39. The van der Waals surface area contributed by atoms with E-state index in [4.69, 9.17) is 9.40 Å². The highest BCUT2D eigenvalue weighted by Crippen LogP contribution is 2.41. The summed E-state index contributed by atoms with van der Waals surface area (Å²) in [6, 6.07) is 11.8. The van der Waals surface area contributed by atoms with Gasteiger partial charge >= 0.3 is 0 Å². The molecule has 4 aromatic heterocycles. The van der Waals surface area contributed by atoms with E-state index in [0.717, 1.165) is 102 Å². The number of nitrogens with zero attached hydrogens (tertiary/aromatic N) is 8. The summed E-state index contributed by atoms with van der Waals surface area (Å²) in [6.07, 6.45) is 6.79. The largest absolute Gasteiger partial charge is 0.452 e. The fraction of sp³-hybridized carbons (Fsp3) is 0.432. The maximum Gasteiger partial charge on any atom is 0.234 e. The quantitative estimate of drug-likeness (QED) is 0.205. The molecule has 0 radical (unpaired) electrons. The molecule has 2 N–H and O–H groups in total. The number of aromatic nitrogens is 4. The molecule has 2 amide bonds. The van der Waals surface area contributed by atoms with Gasteiger partial charge in [-0.1, -0.05) is 17.4 Å². The second-order valence-electron chi connectivity index (χ2n) is 14.0. The third-order valence-electron chi connectivity index (χ3n) is 10.2. The molecule has 0 spiro atoms. The van der Waals surface area contributed by atoms with E-state index in [1.807, 2.05) is 24.4 Å². The number of nitrogens with one attached hydrogen (secondary N) is 2. The third kappa shape index (κ3) is 6.71. The SMILES string of the molecule is CC(C)Nc1c(-c2nnc(N3CCN(CC4CCN(c5ccc(C6CCC(=O)NC6=O)cn5)CC4)CC3)s2)cnc2c1oc1cc(C#N)ccc12. The second-order valence-corrected chi connectivity index (χ2v) is 15.0. The van der Waals surface area contributed by atoms with Gasteiger partial charge in [-0.15, -0.1) is 10.2 Å². The minimum Gasteiger partial charge on any atom is -0.452 e. The number of fused-ring (bicyclic) bond motifs is 3. The van der Waals surface area contributed by atoms with Gasteiger partial charge in [0.1, 0.15) is 16.9 Å². The van der Waals surface area contributed by atoms with Crippen molar-refractivity contribution in [2.75, 3.05) is 60.9 Å². The number of nitriles is 1. The van der Waals surface area contributed by atoms with Gasteiger partial charge in [0.2, 0.25) is 16.9 Å². The van der Waals surface area contributed by atoms with Gasteiger partial charge in [-0.2, -0.15) is 5.26 Å². The van der Waals surface area contributed by atoms with Crippen LogP contribution in [0.25, 0.3) is 32.6 Å². The van der Waals surface area contributed by atoms with Crippen LogP contribution < -0.4 is 20.4 Å². The van der Waals surface area contributed by atoms with Gasteiger partial charge in [0, 0.05) is 76.1 Å². The fourth-order valence-electron chi connectivity index (χ4n) is 7.45. The van der Waals surface area contributed by atoms with Crippen LogP contribution in [0, 0.1) is 17.2 Å². The first-order valence-corrected chi connectivity index (χ1v) is 18.5. The lowest BCUT2D eigenvalue weighted by Crippen LogP contribution is -2.49. The van der Waals surface area contributed by atoms with E-state index in [1.54, 1.807) is 29.7 Å². The van der Waals surface area contributed by atoms with Gasteiger partial charge in [-0.05, 0) is 68.9 Å². The molecule has 1 aromatic carbocycles. The second kappa shape index (κ2) is 13.9. The standard InChI is InChI=1S/C37H40N10O3S/c1-22(2)41-33-28(20-40-32-27-5-3-24(18-38)17-29(27)50-34(32)33)36-43-44-37(51-36)47-15-13-45(14-16-47)21-23-9-11-46(12-10-23)30-7-4-25(19-39-30)26-6-8-31(48)42-35(26)49/h3-5,7,17,19-20,22-23,26H,6,8-16,21H2,1-2H3,(H,40,41)(H,42,48,49).